The van der Waals surface area contributed by atoms with Gasteiger partial charge in [-0.05, 0) is 42.9 Å². The van der Waals surface area contributed by atoms with Gasteiger partial charge < -0.3 is 10.4 Å². The van der Waals surface area contributed by atoms with Gasteiger partial charge >= 0.3 is 12.0 Å². The second kappa shape index (κ2) is 6.65. The Morgan fingerprint density at radius 3 is 2.95 bits per heavy atom. The number of carbonyl (C=O) groups is 2. The van der Waals surface area contributed by atoms with Crippen molar-refractivity contribution in [1.82, 2.24) is 5.32 Å². The summed E-state index contributed by atoms with van der Waals surface area (Å²) in [5, 5.41) is 11.9. The van der Waals surface area contributed by atoms with Crippen LogP contribution in [0.5, 0.6) is 0 Å². The van der Waals surface area contributed by atoms with E-state index in [0.717, 1.165) is 29.8 Å². The van der Waals surface area contributed by atoms with E-state index in [2.05, 4.69) is 5.32 Å². The monoisotopic (exact) mass is 294 g/mol. The number of hydrogen-bond donors (Lipinski definition) is 2. The van der Waals surface area contributed by atoms with Crippen LogP contribution in [0.15, 0.2) is 18.2 Å². The predicted molar refractivity (Wildman–Crippen MR) is 80.8 cm³/mol. The summed E-state index contributed by atoms with van der Waals surface area (Å²) in [6.45, 7) is 1.31. The molecular weight excluding hydrogens is 276 g/mol. The fourth-order valence-corrected chi connectivity index (χ4v) is 2.60. The summed E-state index contributed by atoms with van der Waals surface area (Å²) < 4.78 is 0. The number of nitrogens with one attached hydrogen (secondary N) is 1. The lowest BCUT2D eigenvalue weighted by Crippen LogP contribution is -2.43. The molecule has 0 spiro atoms. The molecule has 0 aliphatic carbocycles. The van der Waals surface area contributed by atoms with Gasteiger partial charge in [0.1, 0.15) is 0 Å². The van der Waals surface area contributed by atoms with E-state index in [1.165, 1.54) is 0 Å². The highest BCUT2D eigenvalue weighted by atomic mass is 32.2. The van der Waals surface area contributed by atoms with Crippen LogP contribution in [0.25, 0.3) is 0 Å². The van der Waals surface area contributed by atoms with Crippen molar-refractivity contribution >= 4 is 29.4 Å². The topological polar surface area (TPSA) is 69.6 Å². The van der Waals surface area contributed by atoms with Gasteiger partial charge in [-0.3, -0.25) is 4.90 Å². The van der Waals surface area contributed by atoms with E-state index < -0.39 is 5.97 Å². The first-order chi connectivity index (χ1) is 9.63. The van der Waals surface area contributed by atoms with E-state index in [1.54, 1.807) is 34.9 Å². The molecule has 5 nitrogen and oxygen atoms in total. The van der Waals surface area contributed by atoms with Crippen molar-refractivity contribution in [1.29, 1.82) is 0 Å². The lowest BCUT2D eigenvalue weighted by atomic mass is 9.99. The summed E-state index contributed by atoms with van der Waals surface area (Å²) in [6, 6.07) is 4.84. The number of fused-ring (bicyclic) bond motifs is 1. The van der Waals surface area contributed by atoms with Gasteiger partial charge in [-0.25, -0.2) is 9.59 Å². The fraction of sp³-hybridized carbons (Fsp3) is 0.429. The zero-order chi connectivity index (χ0) is 14.5. The number of aryl methyl sites for hydroxylation is 1. The predicted octanol–water partition coefficient (Wildman–Crippen LogP) is 2.21. The Kier molecular flexibility index (Phi) is 4.89. The third-order valence-electron chi connectivity index (χ3n) is 3.27. The van der Waals surface area contributed by atoms with Crippen molar-refractivity contribution in [3.05, 3.63) is 29.3 Å². The molecule has 0 bridgehead atoms. The highest BCUT2D eigenvalue weighted by molar-refractivity contribution is 7.98. The molecule has 1 aromatic rings. The number of carboxylic acids is 1. The normalized spacial score (nSPS) is 13.8. The van der Waals surface area contributed by atoms with Gasteiger partial charge in [-0.2, -0.15) is 11.8 Å². The third-order valence-corrected chi connectivity index (χ3v) is 3.89. The van der Waals surface area contributed by atoms with Crippen molar-refractivity contribution in [2.75, 3.05) is 30.0 Å². The van der Waals surface area contributed by atoms with Gasteiger partial charge in [0.2, 0.25) is 0 Å². The van der Waals surface area contributed by atoms with Crippen LogP contribution in [0.3, 0.4) is 0 Å². The molecular formula is C14H18N2O3S. The van der Waals surface area contributed by atoms with E-state index in [9.17, 15) is 9.59 Å². The molecule has 0 radical (unpaired) electrons. The quantitative estimate of drug-likeness (QED) is 0.835. The molecule has 1 aliphatic rings. The Morgan fingerprint density at radius 1 is 1.45 bits per heavy atom. The van der Waals surface area contributed by atoms with E-state index in [1.807, 2.05) is 6.26 Å². The lowest BCUT2D eigenvalue weighted by molar-refractivity contribution is 0.0696. The van der Waals surface area contributed by atoms with Crippen LogP contribution in [-0.2, 0) is 6.42 Å². The number of urea groups is 1. The molecule has 1 aromatic carbocycles. The smallest absolute Gasteiger partial charge is 0.335 e. The number of nitrogens with zero attached hydrogens (tertiary/aromatic N) is 1. The third kappa shape index (κ3) is 3.25. The van der Waals surface area contributed by atoms with Crippen LogP contribution >= 0.6 is 11.8 Å². The van der Waals surface area contributed by atoms with Crippen LogP contribution in [0.1, 0.15) is 22.3 Å². The molecule has 1 aliphatic heterocycles. The Hall–Kier alpha value is -1.69. The minimum atomic E-state index is -0.936. The summed E-state index contributed by atoms with van der Waals surface area (Å²) in [5.41, 5.74) is 2.02. The Labute approximate surface area is 122 Å². The molecule has 6 heteroatoms. The maximum absolute atomic E-state index is 12.1. The number of thioether (sulfide) groups is 1. The summed E-state index contributed by atoms with van der Waals surface area (Å²) in [4.78, 5) is 24.8. The summed E-state index contributed by atoms with van der Waals surface area (Å²) >= 11 is 1.68. The second-order valence-corrected chi connectivity index (χ2v) is 5.61. The average Bonchev–Trinajstić information content (AvgIpc) is 2.46. The molecule has 0 unspecified atom stereocenters. The van der Waals surface area contributed by atoms with Gasteiger partial charge in [0.15, 0.2) is 0 Å². The molecule has 20 heavy (non-hydrogen) atoms. The van der Waals surface area contributed by atoms with E-state index in [0.29, 0.717) is 13.1 Å². The largest absolute Gasteiger partial charge is 0.478 e. The molecule has 108 valence electrons. The van der Waals surface area contributed by atoms with Crippen LogP contribution in [-0.4, -0.2) is 42.2 Å². The number of amides is 2. The van der Waals surface area contributed by atoms with Gasteiger partial charge in [-0.1, -0.05) is 0 Å². The minimum Gasteiger partial charge on any atom is -0.478 e. The minimum absolute atomic E-state index is 0.108. The first-order valence-electron chi connectivity index (χ1n) is 6.54. The number of carbonyl (C=O) groups excluding carboxylic acids is 1. The fourth-order valence-electron chi connectivity index (χ4n) is 2.30. The van der Waals surface area contributed by atoms with Crippen LogP contribution in [0, 0.1) is 0 Å². The molecule has 2 rings (SSSR count). The van der Waals surface area contributed by atoms with Gasteiger partial charge in [0.05, 0.1) is 5.56 Å². The maximum atomic E-state index is 12.1. The maximum Gasteiger partial charge on any atom is 0.335 e. The highest BCUT2D eigenvalue weighted by Gasteiger charge is 2.23. The first-order valence-corrected chi connectivity index (χ1v) is 7.93. The number of anilines is 1. The Bertz CT molecular complexity index is 519. The van der Waals surface area contributed by atoms with E-state index in [4.69, 9.17) is 5.11 Å². The number of benzene rings is 1. The highest BCUT2D eigenvalue weighted by Crippen LogP contribution is 2.28. The summed E-state index contributed by atoms with van der Waals surface area (Å²) in [6.07, 6.45) is 3.66. The van der Waals surface area contributed by atoms with Crippen molar-refractivity contribution in [3.8, 4) is 0 Å². The molecule has 2 N–H and O–H groups in total. The molecule has 0 fully saturated rings. The second-order valence-electron chi connectivity index (χ2n) is 4.63. The van der Waals surface area contributed by atoms with Gasteiger partial charge in [-0.15, -0.1) is 0 Å². The van der Waals surface area contributed by atoms with E-state index in [-0.39, 0.29) is 11.6 Å². The summed E-state index contributed by atoms with van der Waals surface area (Å²) in [5.74, 6) is -0.0564. The van der Waals surface area contributed by atoms with Gasteiger partial charge in [0.25, 0.3) is 0 Å². The standard InChI is InChI=1S/C14H18N2O3S/c1-20-8-6-15-14(19)16-7-2-3-10-9-11(13(17)18)4-5-12(10)16/h4-5,9H,2-3,6-8H2,1H3,(H,15,19)(H,17,18). The van der Waals surface area contributed by atoms with Crippen LogP contribution < -0.4 is 10.2 Å². The zero-order valence-corrected chi connectivity index (χ0v) is 12.2. The van der Waals surface area contributed by atoms with Crippen molar-refractivity contribution in [2.24, 2.45) is 0 Å². The molecule has 0 saturated heterocycles. The number of hydrogen-bond acceptors (Lipinski definition) is 3. The number of rotatable bonds is 4. The van der Waals surface area contributed by atoms with Crippen molar-refractivity contribution < 1.29 is 14.7 Å². The first kappa shape index (κ1) is 14.7. The summed E-state index contributed by atoms with van der Waals surface area (Å²) in [7, 11) is 0. The van der Waals surface area contributed by atoms with Crippen molar-refractivity contribution in [3.63, 3.8) is 0 Å². The average molecular weight is 294 g/mol. The van der Waals surface area contributed by atoms with Gasteiger partial charge in [0, 0.05) is 24.5 Å². The molecule has 0 atom stereocenters. The van der Waals surface area contributed by atoms with Crippen LogP contribution in [0.4, 0.5) is 10.5 Å². The number of aromatic carboxylic acids is 1. The Balaban J connectivity index is 2.15. The molecule has 2 amide bonds. The van der Waals surface area contributed by atoms with Crippen molar-refractivity contribution in [2.45, 2.75) is 12.8 Å². The lowest BCUT2D eigenvalue weighted by Gasteiger charge is -2.29. The SMILES string of the molecule is CSCCNC(=O)N1CCCc2cc(C(=O)O)ccc21. The molecule has 0 aromatic heterocycles. The number of carboxylic acid groups (broad SMARTS) is 1. The molecule has 0 saturated carbocycles. The van der Waals surface area contributed by atoms with E-state index >= 15 is 0 Å². The molecule has 1 heterocycles. The van der Waals surface area contributed by atoms with Crippen LogP contribution in [0.2, 0.25) is 0 Å². The Morgan fingerprint density at radius 2 is 2.25 bits per heavy atom. The zero-order valence-electron chi connectivity index (χ0n) is 11.4.